The van der Waals surface area contributed by atoms with Crippen LogP contribution in [-0.4, -0.2) is 30.9 Å². The number of hydrogen-bond acceptors (Lipinski definition) is 3. The van der Waals surface area contributed by atoms with E-state index < -0.39 is 11.6 Å². The number of nitrogens with one attached hydrogen (secondary N) is 1. The van der Waals surface area contributed by atoms with Gasteiger partial charge in [0.05, 0.1) is 13.2 Å². The summed E-state index contributed by atoms with van der Waals surface area (Å²) in [5.41, 5.74) is -0.336. The summed E-state index contributed by atoms with van der Waals surface area (Å²) in [5.74, 6) is -1.49. The number of halogens is 2. The fourth-order valence-corrected chi connectivity index (χ4v) is 1.50. The maximum absolute atomic E-state index is 12.9. The molecule has 2 N–H and O–H groups in total. The molecule has 0 radical (unpaired) electrons. The fourth-order valence-electron chi connectivity index (χ4n) is 1.50. The molecule has 1 unspecified atom stereocenters. The van der Waals surface area contributed by atoms with Gasteiger partial charge in [0, 0.05) is 11.6 Å². The van der Waals surface area contributed by atoms with Crippen LogP contribution >= 0.6 is 0 Å². The number of aliphatic hydroxyl groups excluding tert-OH is 1. The van der Waals surface area contributed by atoms with Crippen LogP contribution in [0, 0.1) is 11.6 Å². The summed E-state index contributed by atoms with van der Waals surface area (Å²) in [4.78, 5) is 0. The maximum Gasteiger partial charge on any atom is 0.162 e. The fraction of sp³-hybridized carbons (Fsp3) is 0.538. The molecular formula is C13H19F2NO2. The van der Waals surface area contributed by atoms with E-state index in [4.69, 9.17) is 4.74 Å². The number of rotatable bonds is 7. The first-order valence-electron chi connectivity index (χ1n) is 5.88. The smallest absolute Gasteiger partial charge is 0.162 e. The average Bonchev–Trinajstić information content (AvgIpc) is 2.38. The van der Waals surface area contributed by atoms with Gasteiger partial charge >= 0.3 is 0 Å². The van der Waals surface area contributed by atoms with Gasteiger partial charge in [-0.15, -0.1) is 0 Å². The van der Waals surface area contributed by atoms with Gasteiger partial charge < -0.3 is 15.2 Å². The number of benzene rings is 1. The molecule has 1 atom stereocenters. The zero-order valence-electron chi connectivity index (χ0n) is 10.7. The Morgan fingerprint density at radius 1 is 1.33 bits per heavy atom. The quantitative estimate of drug-likeness (QED) is 0.737. The highest BCUT2D eigenvalue weighted by Crippen LogP contribution is 2.16. The van der Waals surface area contributed by atoms with Crippen LogP contribution in [-0.2, 0) is 0 Å². The molecule has 18 heavy (non-hydrogen) atoms. The first-order chi connectivity index (χ1) is 8.50. The summed E-state index contributed by atoms with van der Waals surface area (Å²) in [7, 11) is 1.78. The molecule has 0 saturated heterocycles. The Morgan fingerprint density at radius 3 is 2.61 bits per heavy atom. The van der Waals surface area contributed by atoms with E-state index in [0.717, 1.165) is 18.6 Å². The minimum atomic E-state index is -0.914. The summed E-state index contributed by atoms with van der Waals surface area (Å²) in [6, 6.07) is 3.45. The van der Waals surface area contributed by atoms with E-state index in [0.29, 0.717) is 18.8 Å². The Labute approximate surface area is 106 Å². The topological polar surface area (TPSA) is 41.5 Å². The number of ether oxygens (including phenoxy) is 1. The lowest BCUT2D eigenvalue weighted by atomic mass is 9.97. The molecule has 5 heteroatoms. The molecule has 0 spiro atoms. The standard InChI is InChI=1S/C13H19F2NO2/c1-13(9-17,16-2)6-3-7-18-10-4-5-11(14)12(15)8-10/h4-5,8,16-17H,3,6-7,9H2,1-2H3. The summed E-state index contributed by atoms with van der Waals surface area (Å²) in [6.45, 7) is 2.33. The molecule has 3 nitrogen and oxygen atoms in total. The van der Waals surface area contributed by atoms with E-state index in [2.05, 4.69) is 5.32 Å². The van der Waals surface area contributed by atoms with Crippen LogP contribution in [0.5, 0.6) is 5.75 Å². The van der Waals surface area contributed by atoms with E-state index in [1.54, 1.807) is 7.05 Å². The van der Waals surface area contributed by atoms with Crippen molar-refractivity contribution in [2.45, 2.75) is 25.3 Å². The molecular weight excluding hydrogens is 240 g/mol. The van der Waals surface area contributed by atoms with Crippen LogP contribution in [0.4, 0.5) is 8.78 Å². The molecule has 1 rings (SSSR count). The average molecular weight is 259 g/mol. The highest BCUT2D eigenvalue weighted by molar-refractivity contribution is 5.23. The SMILES string of the molecule is CNC(C)(CO)CCCOc1ccc(F)c(F)c1. The number of likely N-dealkylation sites (N-methyl/N-ethyl adjacent to an activating group) is 1. The van der Waals surface area contributed by atoms with Gasteiger partial charge in [0.15, 0.2) is 11.6 Å². The summed E-state index contributed by atoms with van der Waals surface area (Å²) in [5, 5.41) is 12.2. The minimum Gasteiger partial charge on any atom is -0.493 e. The van der Waals surface area contributed by atoms with Gasteiger partial charge in [-0.25, -0.2) is 8.78 Å². The zero-order chi connectivity index (χ0) is 13.6. The molecule has 0 aliphatic carbocycles. The second-order valence-corrected chi connectivity index (χ2v) is 4.50. The van der Waals surface area contributed by atoms with Gasteiger partial charge in [-0.1, -0.05) is 0 Å². The highest BCUT2D eigenvalue weighted by atomic mass is 19.2. The number of hydrogen-bond donors (Lipinski definition) is 2. The summed E-state index contributed by atoms with van der Waals surface area (Å²) < 4.78 is 30.9. The molecule has 1 aromatic carbocycles. The van der Waals surface area contributed by atoms with Crippen LogP contribution in [0.25, 0.3) is 0 Å². The van der Waals surface area contributed by atoms with E-state index in [-0.39, 0.29) is 12.1 Å². The largest absolute Gasteiger partial charge is 0.493 e. The molecule has 0 bridgehead atoms. The molecule has 0 saturated carbocycles. The summed E-state index contributed by atoms with van der Waals surface area (Å²) in [6.07, 6.45) is 1.43. The van der Waals surface area contributed by atoms with E-state index >= 15 is 0 Å². The van der Waals surface area contributed by atoms with Gasteiger partial charge in [-0.05, 0) is 38.9 Å². The van der Waals surface area contributed by atoms with Crippen LogP contribution in [0.3, 0.4) is 0 Å². The van der Waals surface area contributed by atoms with Crippen molar-refractivity contribution in [2.75, 3.05) is 20.3 Å². The monoisotopic (exact) mass is 259 g/mol. The molecule has 102 valence electrons. The lowest BCUT2D eigenvalue weighted by Gasteiger charge is -2.26. The minimum absolute atomic E-state index is 0.0364. The third kappa shape index (κ3) is 4.23. The predicted octanol–water partition coefficient (Wildman–Crippen LogP) is 2.09. The maximum atomic E-state index is 12.9. The third-order valence-corrected chi connectivity index (χ3v) is 2.99. The predicted molar refractivity (Wildman–Crippen MR) is 65.6 cm³/mol. The first-order valence-corrected chi connectivity index (χ1v) is 5.88. The van der Waals surface area contributed by atoms with Gasteiger partial charge in [0.2, 0.25) is 0 Å². The molecule has 0 fully saturated rings. The molecule has 1 aromatic rings. The van der Waals surface area contributed by atoms with Gasteiger partial charge in [-0.3, -0.25) is 0 Å². The van der Waals surface area contributed by atoms with E-state index in [1.807, 2.05) is 6.92 Å². The second kappa shape index (κ2) is 6.66. The van der Waals surface area contributed by atoms with Crippen LogP contribution in [0.1, 0.15) is 19.8 Å². The van der Waals surface area contributed by atoms with Crippen molar-refractivity contribution in [1.82, 2.24) is 5.32 Å². The molecule has 0 aromatic heterocycles. The van der Waals surface area contributed by atoms with Crippen molar-refractivity contribution >= 4 is 0 Å². The van der Waals surface area contributed by atoms with E-state index in [9.17, 15) is 13.9 Å². The summed E-state index contributed by atoms with van der Waals surface area (Å²) >= 11 is 0. The first kappa shape index (κ1) is 14.9. The van der Waals surface area contributed by atoms with Crippen molar-refractivity contribution in [3.05, 3.63) is 29.8 Å². The third-order valence-electron chi connectivity index (χ3n) is 2.99. The Balaban J connectivity index is 2.36. The Morgan fingerprint density at radius 2 is 2.06 bits per heavy atom. The molecule has 0 amide bonds. The Hall–Kier alpha value is -1.20. The molecule has 0 heterocycles. The highest BCUT2D eigenvalue weighted by Gasteiger charge is 2.19. The van der Waals surface area contributed by atoms with Crippen LogP contribution in [0.2, 0.25) is 0 Å². The Kier molecular flexibility index (Phi) is 5.50. The Bertz CT molecular complexity index is 381. The lowest BCUT2D eigenvalue weighted by molar-refractivity contribution is 0.163. The molecule has 0 aliphatic rings. The van der Waals surface area contributed by atoms with Gasteiger partial charge in [0.25, 0.3) is 0 Å². The lowest BCUT2D eigenvalue weighted by Crippen LogP contribution is -2.43. The van der Waals surface area contributed by atoms with E-state index in [1.165, 1.54) is 6.07 Å². The van der Waals surface area contributed by atoms with Crippen molar-refractivity contribution in [1.29, 1.82) is 0 Å². The van der Waals surface area contributed by atoms with Crippen molar-refractivity contribution < 1.29 is 18.6 Å². The second-order valence-electron chi connectivity index (χ2n) is 4.50. The van der Waals surface area contributed by atoms with Gasteiger partial charge in [-0.2, -0.15) is 0 Å². The van der Waals surface area contributed by atoms with Crippen LogP contribution in [0.15, 0.2) is 18.2 Å². The zero-order valence-corrected chi connectivity index (χ0v) is 10.7. The van der Waals surface area contributed by atoms with Crippen molar-refractivity contribution in [2.24, 2.45) is 0 Å². The van der Waals surface area contributed by atoms with Gasteiger partial charge in [0.1, 0.15) is 5.75 Å². The van der Waals surface area contributed by atoms with Crippen LogP contribution < -0.4 is 10.1 Å². The number of aliphatic hydroxyl groups is 1. The van der Waals surface area contributed by atoms with Crippen molar-refractivity contribution in [3.8, 4) is 5.75 Å². The molecule has 0 aliphatic heterocycles. The normalized spacial score (nSPS) is 14.3. The van der Waals surface area contributed by atoms with Crippen molar-refractivity contribution in [3.63, 3.8) is 0 Å².